The number of rotatable bonds is 5. The molecule has 3 rings (SSSR count). The normalized spacial score (nSPS) is 10.6. The summed E-state index contributed by atoms with van der Waals surface area (Å²) in [5.74, 6) is -1.35. The van der Waals surface area contributed by atoms with Gasteiger partial charge in [0.05, 0.1) is 11.1 Å². The third-order valence-corrected chi connectivity index (χ3v) is 4.99. The third-order valence-electron chi connectivity index (χ3n) is 4.99. The number of carbonyl (C=O) groups is 3. The molecule has 7 heteroatoms. The largest absolute Gasteiger partial charge is 0.452 e. The number of fused-ring (bicyclic) bond motifs is 1. The van der Waals surface area contributed by atoms with Crippen LogP contribution in [0.15, 0.2) is 42.5 Å². The molecule has 160 valence electrons. The number of urea groups is 1. The number of pyridine rings is 1. The second kappa shape index (κ2) is 9.38. The average molecular weight is 419 g/mol. The number of esters is 1. The number of amides is 3. The number of ether oxygens (including phenoxy) is 1. The van der Waals surface area contributed by atoms with Gasteiger partial charge in [-0.2, -0.15) is 0 Å². The van der Waals surface area contributed by atoms with Crippen LogP contribution in [-0.2, 0) is 16.0 Å². The summed E-state index contributed by atoms with van der Waals surface area (Å²) in [7, 11) is 0. The molecule has 0 atom stereocenters. The summed E-state index contributed by atoms with van der Waals surface area (Å²) in [6, 6.07) is 12.1. The molecule has 3 aromatic rings. The van der Waals surface area contributed by atoms with E-state index in [1.807, 2.05) is 58.0 Å². The molecular weight excluding hydrogens is 394 g/mol. The van der Waals surface area contributed by atoms with Gasteiger partial charge in [-0.1, -0.05) is 42.8 Å². The highest BCUT2D eigenvalue weighted by Gasteiger charge is 2.20. The minimum atomic E-state index is -0.720. The first-order valence-corrected chi connectivity index (χ1v) is 10.0. The Hall–Kier alpha value is -3.74. The van der Waals surface area contributed by atoms with Gasteiger partial charge in [0.25, 0.3) is 5.91 Å². The van der Waals surface area contributed by atoms with Crippen LogP contribution in [0.5, 0.6) is 0 Å². The van der Waals surface area contributed by atoms with E-state index in [2.05, 4.69) is 15.6 Å². The van der Waals surface area contributed by atoms with Crippen LogP contribution in [0, 0.1) is 20.8 Å². The molecule has 0 bridgehead atoms. The van der Waals surface area contributed by atoms with Crippen molar-refractivity contribution in [3.8, 4) is 0 Å². The van der Waals surface area contributed by atoms with E-state index in [4.69, 9.17) is 4.74 Å². The Labute approximate surface area is 180 Å². The second-order valence-electron chi connectivity index (χ2n) is 7.33. The number of hydrogen-bond acceptors (Lipinski definition) is 5. The molecule has 0 aliphatic heterocycles. The molecule has 0 saturated carbocycles. The van der Waals surface area contributed by atoms with E-state index in [0.717, 1.165) is 22.4 Å². The van der Waals surface area contributed by atoms with Gasteiger partial charge in [0.1, 0.15) is 0 Å². The van der Waals surface area contributed by atoms with Crippen molar-refractivity contribution in [1.29, 1.82) is 0 Å². The quantitative estimate of drug-likeness (QED) is 0.603. The maximum Gasteiger partial charge on any atom is 0.339 e. The van der Waals surface area contributed by atoms with Crippen molar-refractivity contribution in [3.63, 3.8) is 0 Å². The molecule has 0 unspecified atom stereocenters. The molecule has 3 amide bonds. The van der Waals surface area contributed by atoms with Crippen molar-refractivity contribution in [2.45, 2.75) is 34.1 Å². The SMILES string of the molecule is CCc1nc2ccccc2c(C(=O)OCC(=O)NC(=O)Nc2ccc(C)cc2C)c1C. The van der Waals surface area contributed by atoms with Crippen molar-refractivity contribution in [3.05, 3.63) is 70.4 Å². The van der Waals surface area contributed by atoms with Crippen LogP contribution >= 0.6 is 0 Å². The molecule has 0 saturated heterocycles. The first-order valence-electron chi connectivity index (χ1n) is 10.0. The highest BCUT2D eigenvalue weighted by Crippen LogP contribution is 2.24. The molecule has 0 radical (unpaired) electrons. The van der Waals surface area contributed by atoms with Crippen LogP contribution in [0.3, 0.4) is 0 Å². The lowest BCUT2D eigenvalue weighted by Crippen LogP contribution is -2.37. The predicted octanol–water partition coefficient (Wildman–Crippen LogP) is 4.23. The Morgan fingerprint density at radius 1 is 1.03 bits per heavy atom. The maximum atomic E-state index is 12.8. The van der Waals surface area contributed by atoms with Crippen molar-refractivity contribution in [2.75, 3.05) is 11.9 Å². The smallest absolute Gasteiger partial charge is 0.339 e. The highest BCUT2D eigenvalue weighted by atomic mass is 16.5. The van der Waals surface area contributed by atoms with Crippen LogP contribution in [0.25, 0.3) is 10.9 Å². The minimum Gasteiger partial charge on any atom is -0.452 e. The van der Waals surface area contributed by atoms with Gasteiger partial charge in [-0.3, -0.25) is 15.1 Å². The number of aryl methyl sites for hydroxylation is 3. The first-order chi connectivity index (χ1) is 14.8. The molecule has 2 N–H and O–H groups in total. The number of carbonyl (C=O) groups excluding carboxylic acids is 3. The molecular formula is C24H25N3O4. The molecule has 2 aromatic carbocycles. The summed E-state index contributed by atoms with van der Waals surface area (Å²) in [6.07, 6.45) is 0.663. The highest BCUT2D eigenvalue weighted by molar-refractivity contribution is 6.06. The van der Waals surface area contributed by atoms with Gasteiger partial charge >= 0.3 is 12.0 Å². The summed E-state index contributed by atoms with van der Waals surface area (Å²) in [6.45, 7) is 7.01. The Bertz CT molecular complexity index is 1170. The summed E-state index contributed by atoms with van der Waals surface area (Å²) in [4.78, 5) is 41.6. The van der Waals surface area contributed by atoms with Gasteiger partial charge in [-0.15, -0.1) is 0 Å². The van der Waals surface area contributed by atoms with E-state index in [1.54, 1.807) is 12.1 Å². The topological polar surface area (TPSA) is 97.4 Å². The summed E-state index contributed by atoms with van der Waals surface area (Å²) in [5, 5.41) is 5.45. The Morgan fingerprint density at radius 3 is 2.48 bits per heavy atom. The van der Waals surface area contributed by atoms with E-state index in [-0.39, 0.29) is 0 Å². The number of anilines is 1. The van der Waals surface area contributed by atoms with E-state index in [0.29, 0.717) is 28.6 Å². The Kier molecular flexibility index (Phi) is 6.65. The molecule has 1 aromatic heterocycles. The lowest BCUT2D eigenvalue weighted by Gasteiger charge is -2.13. The average Bonchev–Trinajstić information content (AvgIpc) is 2.73. The molecule has 0 fully saturated rings. The van der Waals surface area contributed by atoms with Crippen molar-refractivity contribution < 1.29 is 19.1 Å². The Balaban J connectivity index is 1.66. The van der Waals surface area contributed by atoms with E-state index >= 15 is 0 Å². The lowest BCUT2D eigenvalue weighted by atomic mass is 10.0. The number of benzene rings is 2. The van der Waals surface area contributed by atoms with Gasteiger partial charge in [0, 0.05) is 16.8 Å². The van der Waals surface area contributed by atoms with Gasteiger partial charge in [-0.05, 0) is 50.5 Å². The number of aromatic nitrogens is 1. The minimum absolute atomic E-state index is 0.384. The van der Waals surface area contributed by atoms with E-state index in [1.165, 1.54) is 0 Å². The van der Waals surface area contributed by atoms with E-state index < -0.39 is 24.5 Å². The van der Waals surface area contributed by atoms with Crippen LogP contribution < -0.4 is 10.6 Å². The fraction of sp³-hybridized carbons (Fsp3) is 0.250. The Morgan fingerprint density at radius 2 is 1.77 bits per heavy atom. The number of para-hydroxylation sites is 1. The standard InChI is InChI=1S/C24H25N3O4/c1-5-18-16(4)22(17-8-6-7-9-20(17)25-18)23(29)31-13-21(28)27-24(30)26-19-11-10-14(2)12-15(19)3/h6-12H,5,13H2,1-4H3,(H2,26,27,28,30). The number of nitrogens with zero attached hydrogens (tertiary/aromatic N) is 1. The molecule has 1 heterocycles. The van der Waals surface area contributed by atoms with Crippen molar-refractivity contribution >= 4 is 34.5 Å². The zero-order valence-electron chi connectivity index (χ0n) is 18.0. The molecule has 0 spiro atoms. The summed E-state index contributed by atoms with van der Waals surface area (Å²) < 4.78 is 5.21. The van der Waals surface area contributed by atoms with Crippen LogP contribution in [0.4, 0.5) is 10.5 Å². The van der Waals surface area contributed by atoms with Gasteiger partial charge in [0.15, 0.2) is 6.61 Å². The maximum absolute atomic E-state index is 12.8. The van der Waals surface area contributed by atoms with Crippen LogP contribution in [0.2, 0.25) is 0 Å². The molecule has 31 heavy (non-hydrogen) atoms. The van der Waals surface area contributed by atoms with Crippen LogP contribution in [-0.4, -0.2) is 29.5 Å². The zero-order valence-corrected chi connectivity index (χ0v) is 18.0. The number of nitrogens with one attached hydrogen (secondary N) is 2. The molecule has 0 aliphatic rings. The molecule has 0 aliphatic carbocycles. The lowest BCUT2D eigenvalue weighted by molar-refractivity contribution is -0.123. The van der Waals surface area contributed by atoms with Crippen molar-refractivity contribution in [1.82, 2.24) is 10.3 Å². The monoisotopic (exact) mass is 419 g/mol. The van der Waals surface area contributed by atoms with Crippen molar-refractivity contribution in [2.24, 2.45) is 0 Å². The fourth-order valence-corrected chi connectivity index (χ4v) is 3.44. The van der Waals surface area contributed by atoms with Crippen LogP contribution in [0.1, 0.15) is 39.7 Å². The van der Waals surface area contributed by atoms with Gasteiger partial charge in [0.2, 0.25) is 0 Å². The summed E-state index contributed by atoms with van der Waals surface area (Å²) >= 11 is 0. The fourth-order valence-electron chi connectivity index (χ4n) is 3.44. The predicted molar refractivity (Wildman–Crippen MR) is 119 cm³/mol. The zero-order chi connectivity index (χ0) is 22.5. The third kappa shape index (κ3) is 5.06. The molecule has 7 nitrogen and oxygen atoms in total. The van der Waals surface area contributed by atoms with Gasteiger partial charge < -0.3 is 10.1 Å². The number of imide groups is 1. The second-order valence-corrected chi connectivity index (χ2v) is 7.33. The first kappa shape index (κ1) is 22.0. The number of hydrogen-bond donors (Lipinski definition) is 2. The summed E-state index contributed by atoms with van der Waals surface area (Å²) in [5.41, 5.74) is 5.13. The van der Waals surface area contributed by atoms with Gasteiger partial charge in [-0.25, -0.2) is 9.59 Å². The van der Waals surface area contributed by atoms with E-state index in [9.17, 15) is 14.4 Å².